The van der Waals surface area contributed by atoms with Gasteiger partial charge in [-0.05, 0) is 30.5 Å². The molecule has 3 heterocycles. The maximum Gasteiger partial charge on any atom is 0.236 e. The highest BCUT2D eigenvalue weighted by atomic mass is 32.2. The average molecular weight is 479 g/mol. The topological polar surface area (TPSA) is 85.6 Å². The highest BCUT2D eigenvalue weighted by Gasteiger charge is 2.16. The van der Waals surface area contributed by atoms with Gasteiger partial charge in [0.25, 0.3) is 0 Å². The number of carbonyl (C=O) groups excluding carboxylic acids is 1. The Morgan fingerprint density at radius 2 is 1.82 bits per heavy atom. The van der Waals surface area contributed by atoms with Gasteiger partial charge in [-0.2, -0.15) is 0 Å². The fraction of sp³-hybridized carbons (Fsp3) is 0.292. The molecule has 1 N–H and O–H groups in total. The van der Waals surface area contributed by atoms with Crippen molar-refractivity contribution in [1.29, 1.82) is 0 Å². The van der Waals surface area contributed by atoms with Crippen molar-refractivity contribution >= 4 is 34.1 Å². The van der Waals surface area contributed by atoms with Gasteiger partial charge in [-0.3, -0.25) is 9.78 Å². The lowest BCUT2D eigenvalue weighted by molar-refractivity contribution is -0.113. The van der Waals surface area contributed by atoms with Crippen molar-refractivity contribution in [2.75, 3.05) is 11.1 Å². The molecule has 1 amide bonds. The predicted molar refractivity (Wildman–Crippen MR) is 134 cm³/mol. The van der Waals surface area contributed by atoms with Gasteiger partial charge in [-0.25, -0.2) is 4.98 Å². The summed E-state index contributed by atoms with van der Waals surface area (Å²) in [6.07, 6.45) is 6.62. The van der Waals surface area contributed by atoms with E-state index in [1.807, 2.05) is 17.5 Å². The van der Waals surface area contributed by atoms with E-state index < -0.39 is 0 Å². The van der Waals surface area contributed by atoms with Gasteiger partial charge >= 0.3 is 0 Å². The van der Waals surface area contributed by atoms with Crippen LogP contribution in [0.15, 0.2) is 59.3 Å². The molecule has 0 atom stereocenters. The van der Waals surface area contributed by atoms with Crippen LogP contribution in [0.4, 0.5) is 5.13 Å². The number of thiazole rings is 1. The summed E-state index contributed by atoms with van der Waals surface area (Å²) in [6.45, 7) is 5.06. The molecule has 1 aromatic carbocycles. The molecule has 0 aliphatic heterocycles. The summed E-state index contributed by atoms with van der Waals surface area (Å²) >= 11 is 2.81. The molecule has 0 bridgehead atoms. The molecule has 33 heavy (non-hydrogen) atoms. The molecular weight excluding hydrogens is 452 g/mol. The summed E-state index contributed by atoms with van der Waals surface area (Å²) in [7, 11) is 0. The van der Waals surface area contributed by atoms with Crippen molar-refractivity contribution in [2.45, 2.75) is 44.8 Å². The first-order valence-electron chi connectivity index (χ1n) is 11.0. The first-order valence-corrected chi connectivity index (χ1v) is 12.9. The molecule has 9 heteroatoms. The number of nitrogens with one attached hydrogen (secondary N) is 1. The summed E-state index contributed by atoms with van der Waals surface area (Å²) < 4.78 is 2.05. The number of hydrogen-bond acceptors (Lipinski definition) is 7. The fourth-order valence-corrected chi connectivity index (χ4v) is 4.92. The largest absolute Gasteiger partial charge is 0.302 e. The zero-order chi connectivity index (χ0) is 23.0. The zero-order valence-electron chi connectivity index (χ0n) is 18.7. The Bertz CT molecular complexity index is 1190. The molecule has 3 aromatic heterocycles. The van der Waals surface area contributed by atoms with E-state index in [0.717, 1.165) is 53.6 Å². The number of aryl methyl sites for hydroxylation is 1. The van der Waals surface area contributed by atoms with E-state index in [1.54, 1.807) is 12.4 Å². The molecule has 4 aromatic rings. The second-order valence-corrected chi connectivity index (χ2v) is 9.32. The fourth-order valence-electron chi connectivity index (χ4n) is 3.42. The first kappa shape index (κ1) is 23.1. The smallest absolute Gasteiger partial charge is 0.236 e. The number of aromatic nitrogens is 5. The molecule has 7 nitrogen and oxygen atoms in total. The van der Waals surface area contributed by atoms with Crippen molar-refractivity contribution in [1.82, 2.24) is 24.7 Å². The Kier molecular flexibility index (Phi) is 7.85. The highest BCUT2D eigenvalue weighted by molar-refractivity contribution is 7.99. The lowest BCUT2D eigenvalue weighted by Crippen LogP contribution is -2.14. The molecule has 0 saturated heterocycles. The molecular formula is C24H26N6OS2. The van der Waals surface area contributed by atoms with Gasteiger partial charge in [0, 0.05) is 35.4 Å². The third kappa shape index (κ3) is 5.85. The van der Waals surface area contributed by atoms with E-state index in [1.165, 1.54) is 28.7 Å². The Balaban J connectivity index is 1.38. The number of carbonyl (C=O) groups is 1. The van der Waals surface area contributed by atoms with Crippen LogP contribution in [0.1, 0.15) is 32.3 Å². The molecule has 0 saturated carbocycles. The number of hydrogen-bond donors (Lipinski definition) is 1. The Morgan fingerprint density at radius 3 is 2.55 bits per heavy atom. The summed E-state index contributed by atoms with van der Waals surface area (Å²) in [5, 5.41) is 14.9. The zero-order valence-corrected chi connectivity index (χ0v) is 20.3. The molecule has 4 rings (SSSR count). The number of amides is 1. The first-order chi connectivity index (χ1) is 16.2. The summed E-state index contributed by atoms with van der Waals surface area (Å²) in [5.41, 5.74) is 4.21. The number of thioether (sulfide) groups is 1. The van der Waals surface area contributed by atoms with Gasteiger partial charge in [-0.15, -0.1) is 21.5 Å². The normalized spacial score (nSPS) is 11.0. The molecule has 0 aliphatic carbocycles. The number of anilines is 1. The Hall–Kier alpha value is -3.04. The van der Waals surface area contributed by atoms with Gasteiger partial charge in [0.1, 0.15) is 0 Å². The van der Waals surface area contributed by atoms with E-state index >= 15 is 0 Å². The Labute approximate surface area is 201 Å². The third-order valence-corrected chi connectivity index (χ3v) is 6.70. The summed E-state index contributed by atoms with van der Waals surface area (Å²) in [4.78, 5) is 21.2. The number of benzene rings is 1. The predicted octanol–water partition coefficient (Wildman–Crippen LogP) is 5.56. The second-order valence-electron chi connectivity index (χ2n) is 7.52. The standard InChI is InChI=1S/C24H26N6OS2/c1-3-5-17-6-8-18(9-7-17)20-15-32-23(26-20)27-21(31)16-33-24-29-28-22(30(24)14-4-2)19-10-12-25-13-11-19/h6-13,15H,3-5,14,16H2,1-2H3,(H,26,27,31). The van der Waals surface area contributed by atoms with Crippen LogP contribution < -0.4 is 5.32 Å². The van der Waals surface area contributed by atoms with Crippen LogP contribution in [0, 0.1) is 0 Å². The van der Waals surface area contributed by atoms with E-state index in [-0.39, 0.29) is 11.7 Å². The molecule has 0 unspecified atom stereocenters. The number of nitrogens with zero attached hydrogens (tertiary/aromatic N) is 5. The maximum absolute atomic E-state index is 12.6. The van der Waals surface area contributed by atoms with Crippen molar-refractivity contribution in [3.8, 4) is 22.6 Å². The van der Waals surface area contributed by atoms with E-state index in [0.29, 0.717) is 5.13 Å². The SMILES string of the molecule is CCCc1ccc(-c2csc(NC(=O)CSc3nnc(-c4ccncc4)n3CCC)n2)cc1. The van der Waals surface area contributed by atoms with Crippen LogP contribution >= 0.6 is 23.1 Å². The second kappa shape index (κ2) is 11.2. The third-order valence-electron chi connectivity index (χ3n) is 4.97. The van der Waals surface area contributed by atoms with Crippen molar-refractivity contribution in [3.05, 3.63) is 59.7 Å². The van der Waals surface area contributed by atoms with Gasteiger partial charge in [-0.1, -0.05) is 56.3 Å². The maximum atomic E-state index is 12.6. The van der Waals surface area contributed by atoms with Crippen molar-refractivity contribution < 1.29 is 4.79 Å². The van der Waals surface area contributed by atoms with Crippen LogP contribution in [0.25, 0.3) is 22.6 Å². The van der Waals surface area contributed by atoms with Gasteiger partial charge in [0.2, 0.25) is 5.91 Å². The summed E-state index contributed by atoms with van der Waals surface area (Å²) in [5.74, 6) is 0.908. The van der Waals surface area contributed by atoms with Crippen LogP contribution in [-0.4, -0.2) is 36.4 Å². The average Bonchev–Trinajstić information content (AvgIpc) is 3.46. The minimum absolute atomic E-state index is 0.115. The highest BCUT2D eigenvalue weighted by Crippen LogP contribution is 2.27. The van der Waals surface area contributed by atoms with Gasteiger partial charge < -0.3 is 9.88 Å². The Morgan fingerprint density at radius 1 is 1.03 bits per heavy atom. The lowest BCUT2D eigenvalue weighted by Gasteiger charge is -2.08. The number of pyridine rings is 1. The molecule has 0 aliphatic rings. The molecule has 0 fully saturated rings. The van der Waals surface area contributed by atoms with Crippen molar-refractivity contribution in [3.63, 3.8) is 0 Å². The minimum atomic E-state index is -0.115. The molecule has 0 spiro atoms. The van der Waals surface area contributed by atoms with Crippen LogP contribution in [0.5, 0.6) is 0 Å². The van der Waals surface area contributed by atoms with E-state index in [4.69, 9.17) is 0 Å². The van der Waals surface area contributed by atoms with Crippen LogP contribution in [0.2, 0.25) is 0 Å². The van der Waals surface area contributed by atoms with Gasteiger partial charge in [0.15, 0.2) is 16.1 Å². The summed E-state index contributed by atoms with van der Waals surface area (Å²) in [6, 6.07) is 12.3. The number of rotatable bonds is 10. The quantitative estimate of drug-likeness (QED) is 0.301. The van der Waals surface area contributed by atoms with Crippen molar-refractivity contribution in [2.24, 2.45) is 0 Å². The minimum Gasteiger partial charge on any atom is -0.302 e. The molecule has 170 valence electrons. The van der Waals surface area contributed by atoms with Gasteiger partial charge in [0.05, 0.1) is 11.4 Å². The van der Waals surface area contributed by atoms with E-state index in [9.17, 15) is 4.79 Å². The molecule has 0 radical (unpaired) electrons. The van der Waals surface area contributed by atoms with E-state index in [2.05, 4.69) is 68.2 Å². The lowest BCUT2D eigenvalue weighted by atomic mass is 10.1. The monoisotopic (exact) mass is 478 g/mol. The van der Waals surface area contributed by atoms with Crippen LogP contribution in [0.3, 0.4) is 0 Å². The van der Waals surface area contributed by atoms with Crippen LogP contribution in [-0.2, 0) is 17.8 Å².